The first-order valence-electron chi connectivity index (χ1n) is 5.31. The largest absolute Gasteiger partial charge is 0.370 e. The van der Waals surface area contributed by atoms with E-state index in [1.165, 1.54) is 0 Å². The van der Waals surface area contributed by atoms with Crippen molar-refractivity contribution >= 4 is 18.2 Å². The molecule has 90 valence electrons. The molecule has 0 saturated carbocycles. The molecule has 16 heavy (non-hydrogen) atoms. The molecule has 0 aromatic rings. The van der Waals surface area contributed by atoms with Crippen LogP contribution in [0.1, 0.15) is 13.3 Å². The highest BCUT2D eigenvalue weighted by Gasteiger charge is 2.25. The molecule has 0 aromatic carbocycles. The van der Waals surface area contributed by atoms with E-state index in [4.69, 9.17) is 5.73 Å². The van der Waals surface area contributed by atoms with Crippen molar-refractivity contribution in [3.63, 3.8) is 0 Å². The van der Waals surface area contributed by atoms with Crippen LogP contribution in [0.2, 0.25) is 0 Å². The number of rotatable bonds is 4. The maximum atomic E-state index is 11.8. The maximum Gasteiger partial charge on any atom is 0.226 e. The molecule has 0 radical (unpaired) electrons. The Kier molecular flexibility index (Phi) is 4.28. The van der Waals surface area contributed by atoms with Gasteiger partial charge in [-0.2, -0.15) is 0 Å². The van der Waals surface area contributed by atoms with Gasteiger partial charge in [-0.15, -0.1) is 0 Å². The molecule has 2 N–H and O–H groups in total. The fraction of sp³-hybridized carbons (Fsp3) is 0.700. The fourth-order valence-electron chi connectivity index (χ4n) is 1.75. The predicted molar refractivity (Wildman–Crippen MR) is 57.2 cm³/mol. The van der Waals surface area contributed by atoms with Crippen LogP contribution in [0.3, 0.4) is 0 Å². The Labute approximate surface area is 94.4 Å². The minimum absolute atomic E-state index is 0.0654. The predicted octanol–water partition coefficient (Wildman–Crippen LogP) is -1.20. The van der Waals surface area contributed by atoms with Gasteiger partial charge in [0.15, 0.2) is 0 Å². The minimum Gasteiger partial charge on any atom is -0.370 e. The van der Waals surface area contributed by atoms with Crippen LogP contribution in [0.25, 0.3) is 0 Å². The van der Waals surface area contributed by atoms with E-state index < -0.39 is 5.91 Å². The molecule has 3 amide bonds. The van der Waals surface area contributed by atoms with Gasteiger partial charge in [-0.3, -0.25) is 14.4 Å². The van der Waals surface area contributed by atoms with E-state index in [-0.39, 0.29) is 18.2 Å². The Balaban J connectivity index is 2.43. The Hall–Kier alpha value is -1.59. The maximum absolute atomic E-state index is 11.8. The molecule has 1 heterocycles. The topological polar surface area (TPSA) is 83.7 Å². The first kappa shape index (κ1) is 12.5. The van der Waals surface area contributed by atoms with Gasteiger partial charge in [0.25, 0.3) is 0 Å². The molecule has 6 heteroatoms. The summed E-state index contributed by atoms with van der Waals surface area (Å²) >= 11 is 0. The Bertz CT molecular complexity index is 285. The molecule has 1 saturated heterocycles. The van der Waals surface area contributed by atoms with Crippen molar-refractivity contribution in [2.75, 3.05) is 26.2 Å². The Morgan fingerprint density at radius 2 is 1.88 bits per heavy atom. The highest BCUT2D eigenvalue weighted by atomic mass is 16.2. The van der Waals surface area contributed by atoms with E-state index in [1.54, 1.807) is 16.7 Å². The number of nitrogens with zero attached hydrogens (tertiary/aromatic N) is 2. The van der Waals surface area contributed by atoms with Gasteiger partial charge in [0, 0.05) is 38.5 Å². The van der Waals surface area contributed by atoms with Gasteiger partial charge in [0.1, 0.15) is 0 Å². The van der Waals surface area contributed by atoms with E-state index in [2.05, 4.69) is 0 Å². The Morgan fingerprint density at radius 1 is 1.31 bits per heavy atom. The third-order valence-corrected chi connectivity index (χ3v) is 2.70. The molecule has 1 aliphatic heterocycles. The molecule has 0 bridgehead atoms. The number of hydrogen-bond acceptors (Lipinski definition) is 3. The molecule has 0 spiro atoms. The fourth-order valence-corrected chi connectivity index (χ4v) is 1.75. The molecule has 1 fully saturated rings. The van der Waals surface area contributed by atoms with Crippen molar-refractivity contribution < 1.29 is 14.4 Å². The standard InChI is InChI=1S/C10H17N3O3/c1-8(6-9(11)15)10(16)13-4-2-12(7-14)3-5-13/h7-8H,2-6H2,1H3,(H2,11,15). The summed E-state index contributed by atoms with van der Waals surface area (Å²) in [6.07, 6.45) is 0.862. The molecule has 6 nitrogen and oxygen atoms in total. The number of carbonyl (C=O) groups is 3. The van der Waals surface area contributed by atoms with Gasteiger partial charge < -0.3 is 15.5 Å². The summed E-state index contributed by atoms with van der Waals surface area (Å²) in [5, 5.41) is 0. The molecule has 1 atom stereocenters. The first-order valence-corrected chi connectivity index (χ1v) is 5.31. The second-order valence-electron chi connectivity index (χ2n) is 4.04. The molecule has 0 aromatic heterocycles. The summed E-state index contributed by atoms with van der Waals surface area (Å²) in [4.78, 5) is 36.3. The molecular weight excluding hydrogens is 210 g/mol. The van der Waals surface area contributed by atoms with Crippen LogP contribution in [-0.2, 0) is 14.4 Å². The lowest BCUT2D eigenvalue weighted by atomic mass is 10.1. The van der Waals surface area contributed by atoms with Crippen molar-refractivity contribution in [3.8, 4) is 0 Å². The monoisotopic (exact) mass is 227 g/mol. The number of hydrogen-bond donors (Lipinski definition) is 1. The van der Waals surface area contributed by atoms with Crippen molar-refractivity contribution in [3.05, 3.63) is 0 Å². The summed E-state index contributed by atoms with van der Waals surface area (Å²) < 4.78 is 0. The number of primary amides is 1. The van der Waals surface area contributed by atoms with Gasteiger partial charge in [-0.25, -0.2) is 0 Å². The zero-order chi connectivity index (χ0) is 12.1. The molecule has 1 aliphatic rings. The lowest BCUT2D eigenvalue weighted by Gasteiger charge is -2.33. The minimum atomic E-state index is -0.465. The van der Waals surface area contributed by atoms with E-state index in [1.807, 2.05) is 0 Å². The number of carbonyl (C=O) groups excluding carboxylic acids is 3. The number of amides is 3. The number of nitrogens with two attached hydrogens (primary N) is 1. The summed E-state index contributed by atoms with van der Waals surface area (Å²) in [7, 11) is 0. The van der Waals surface area contributed by atoms with Crippen molar-refractivity contribution in [2.45, 2.75) is 13.3 Å². The molecule has 1 rings (SSSR count). The van der Waals surface area contributed by atoms with E-state index in [0.717, 1.165) is 6.41 Å². The van der Waals surface area contributed by atoms with Crippen molar-refractivity contribution in [2.24, 2.45) is 11.7 Å². The van der Waals surface area contributed by atoms with Crippen molar-refractivity contribution in [1.82, 2.24) is 9.80 Å². The average molecular weight is 227 g/mol. The summed E-state index contributed by atoms with van der Waals surface area (Å²) in [6, 6.07) is 0. The lowest BCUT2D eigenvalue weighted by molar-refractivity contribution is -0.140. The van der Waals surface area contributed by atoms with Gasteiger partial charge in [-0.05, 0) is 0 Å². The second-order valence-corrected chi connectivity index (χ2v) is 4.04. The van der Waals surface area contributed by atoms with Crippen LogP contribution in [0.15, 0.2) is 0 Å². The first-order chi connectivity index (χ1) is 7.54. The van der Waals surface area contributed by atoms with E-state index in [9.17, 15) is 14.4 Å². The van der Waals surface area contributed by atoms with E-state index in [0.29, 0.717) is 26.2 Å². The van der Waals surface area contributed by atoms with Crippen LogP contribution < -0.4 is 5.73 Å². The molecule has 1 unspecified atom stereocenters. The van der Waals surface area contributed by atoms with Crippen LogP contribution in [-0.4, -0.2) is 54.2 Å². The molecular formula is C10H17N3O3. The highest BCUT2D eigenvalue weighted by Crippen LogP contribution is 2.09. The third-order valence-electron chi connectivity index (χ3n) is 2.70. The smallest absolute Gasteiger partial charge is 0.226 e. The Morgan fingerprint density at radius 3 is 2.31 bits per heavy atom. The van der Waals surface area contributed by atoms with Gasteiger partial charge in [0.2, 0.25) is 18.2 Å². The molecule has 0 aliphatic carbocycles. The summed E-state index contributed by atoms with van der Waals surface area (Å²) in [5.41, 5.74) is 5.04. The zero-order valence-electron chi connectivity index (χ0n) is 9.39. The normalized spacial score (nSPS) is 18.1. The highest BCUT2D eigenvalue weighted by molar-refractivity contribution is 5.84. The van der Waals surface area contributed by atoms with Crippen LogP contribution in [0.4, 0.5) is 0 Å². The van der Waals surface area contributed by atoms with Crippen LogP contribution in [0.5, 0.6) is 0 Å². The van der Waals surface area contributed by atoms with Gasteiger partial charge in [0.05, 0.1) is 0 Å². The summed E-state index contributed by atoms with van der Waals surface area (Å²) in [6.45, 7) is 3.86. The zero-order valence-corrected chi connectivity index (χ0v) is 9.39. The second kappa shape index (κ2) is 5.48. The average Bonchev–Trinajstić information content (AvgIpc) is 2.27. The SMILES string of the molecule is CC(CC(N)=O)C(=O)N1CCN(C=O)CC1. The van der Waals surface area contributed by atoms with Gasteiger partial charge >= 0.3 is 0 Å². The van der Waals surface area contributed by atoms with Crippen LogP contribution in [0, 0.1) is 5.92 Å². The van der Waals surface area contributed by atoms with E-state index >= 15 is 0 Å². The quantitative estimate of drug-likeness (QED) is 0.612. The van der Waals surface area contributed by atoms with Gasteiger partial charge in [-0.1, -0.05) is 6.92 Å². The number of piperazine rings is 1. The van der Waals surface area contributed by atoms with Crippen LogP contribution >= 0.6 is 0 Å². The lowest BCUT2D eigenvalue weighted by Crippen LogP contribution is -2.49. The third kappa shape index (κ3) is 3.22. The summed E-state index contributed by atoms with van der Waals surface area (Å²) in [5.74, 6) is -0.906. The van der Waals surface area contributed by atoms with Crippen molar-refractivity contribution in [1.29, 1.82) is 0 Å².